The lowest BCUT2D eigenvalue weighted by molar-refractivity contribution is -0.139. The minimum atomic E-state index is -3.65. The number of nitrogens with zero attached hydrogens (tertiary/aromatic N) is 1. The van der Waals surface area contributed by atoms with Crippen molar-refractivity contribution in [2.24, 2.45) is 0 Å². The van der Waals surface area contributed by atoms with Gasteiger partial charge in [-0.2, -0.15) is 4.31 Å². The molecule has 1 atom stereocenters. The van der Waals surface area contributed by atoms with E-state index in [-0.39, 0.29) is 24.0 Å². The molecule has 0 bridgehead atoms. The molecular formula is C21H26ClN3O5S. The first-order chi connectivity index (χ1) is 14.9. The number of rotatable bonds is 8. The number of nitrogens with one attached hydrogen (secondary N) is 2. The van der Waals surface area contributed by atoms with E-state index >= 15 is 0 Å². The van der Waals surface area contributed by atoms with Crippen LogP contribution in [0.5, 0.6) is 0 Å². The predicted molar refractivity (Wildman–Crippen MR) is 116 cm³/mol. The highest BCUT2D eigenvalue weighted by molar-refractivity contribution is 7.89. The number of amides is 2. The third kappa shape index (κ3) is 6.32. The maximum atomic E-state index is 13.1. The fraction of sp³-hybridized carbons (Fsp3) is 0.429. The SMILES string of the molecule is O=C(NCCc1ccco1)C(=O)NCC[C@H]1CCCCN1S(=O)(=O)c1ccc(Cl)cc1. The third-order valence-corrected chi connectivity index (χ3v) is 7.42. The van der Waals surface area contributed by atoms with Crippen molar-refractivity contribution in [3.63, 3.8) is 0 Å². The van der Waals surface area contributed by atoms with Gasteiger partial charge in [0.15, 0.2) is 0 Å². The number of furan rings is 1. The van der Waals surface area contributed by atoms with Crippen LogP contribution in [0.25, 0.3) is 0 Å². The summed E-state index contributed by atoms with van der Waals surface area (Å²) in [6.45, 7) is 0.925. The Bertz CT molecular complexity index is 977. The van der Waals surface area contributed by atoms with E-state index in [9.17, 15) is 18.0 Å². The molecule has 0 saturated carbocycles. The molecule has 1 aliphatic rings. The number of halogens is 1. The van der Waals surface area contributed by atoms with Crippen LogP contribution in [-0.2, 0) is 26.0 Å². The summed E-state index contributed by atoms with van der Waals surface area (Å²) in [6, 6.07) is 9.41. The van der Waals surface area contributed by atoms with E-state index in [4.69, 9.17) is 16.0 Å². The molecule has 0 radical (unpaired) electrons. The van der Waals surface area contributed by atoms with Crippen molar-refractivity contribution < 1.29 is 22.4 Å². The van der Waals surface area contributed by atoms with Crippen LogP contribution in [0.2, 0.25) is 5.02 Å². The van der Waals surface area contributed by atoms with Crippen LogP contribution < -0.4 is 10.6 Å². The fourth-order valence-electron chi connectivity index (χ4n) is 3.59. The van der Waals surface area contributed by atoms with Crippen molar-refractivity contribution in [1.29, 1.82) is 0 Å². The van der Waals surface area contributed by atoms with Gasteiger partial charge in [0.25, 0.3) is 0 Å². The van der Waals surface area contributed by atoms with E-state index < -0.39 is 21.8 Å². The van der Waals surface area contributed by atoms with E-state index in [1.54, 1.807) is 30.5 Å². The van der Waals surface area contributed by atoms with Crippen molar-refractivity contribution in [3.8, 4) is 0 Å². The molecule has 2 aromatic rings. The molecule has 2 N–H and O–H groups in total. The Labute approximate surface area is 187 Å². The van der Waals surface area contributed by atoms with Gasteiger partial charge in [0.05, 0.1) is 11.2 Å². The van der Waals surface area contributed by atoms with Gasteiger partial charge in [0.2, 0.25) is 10.0 Å². The van der Waals surface area contributed by atoms with Crippen molar-refractivity contribution in [2.45, 2.75) is 43.0 Å². The molecule has 10 heteroatoms. The molecule has 1 aromatic heterocycles. The highest BCUT2D eigenvalue weighted by Crippen LogP contribution is 2.27. The lowest BCUT2D eigenvalue weighted by atomic mass is 10.0. The van der Waals surface area contributed by atoms with Crippen molar-refractivity contribution in [1.82, 2.24) is 14.9 Å². The largest absolute Gasteiger partial charge is 0.469 e. The van der Waals surface area contributed by atoms with E-state index in [1.165, 1.54) is 16.4 Å². The normalized spacial score (nSPS) is 17.3. The molecule has 1 aliphatic heterocycles. The summed E-state index contributed by atoms with van der Waals surface area (Å²) in [5.74, 6) is -0.733. The Hall–Kier alpha value is -2.36. The number of hydrogen-bond donors (Lipinski definition) is 2. The summed E-state index contributed by atoms with van der Waals surface area (Å²) in [6.07, 6.45) is 4.87. The van der Waals surface area contributed by atoms with Crippen molar-refractivity contribution >= 4 is 33.4 Å². The van der Waals surface area contributed by atoms with Crippen LogP contribution in [0.15, 0.2) is 52.0 Å². The van der Waals surface area contributed by atoms with E-state index in [1.807, 2.05) is 0 Å². The number of carbonyl (C=O) groups excluding carboxylic acids is 2. The Morgan fingerprint density at radius 3 is 2.45 bits per heavy atom. The molecule has 31 heavy (non-hydrogen) atoms. The number of piperidine rings is 1. The number of carbonyl (C=O) groups is 2. The molecule has 0 aliphatic carbocycles. The molecule has 0 spiro atoms. The monoisotopic (exact) mass is 467 g/mol. The Morgan fingerprint density at radius 2 is 1.77 bits per heavy atom. The van der Waals surface area contributed by atoms with Crippen LogP contribution in [-0.4, -0.2) is 50.2 Å². The molecule has 1 fully saturated rings. The lowest BCUT2D eigenvalue weighted by Crippen LogP contribution is -2.46. The van der Waals surface area contributed by atoms with Crippen LogP contribution in [0, 0.1) is 0 Å². The Balaban J connectivity index is 1.49. The topological polar surface area (TPSA) is 109 Å². The van der Waals surface area contributed by atoms with E-state index in [0.717, 1.165) is 18.6 Å². The standard InChI is InChI=1S/C21H26ClN3O5S/c22-16-6-8-19(9-7-16)31(28,29)25-14-2-1-4-17(25)10-12-23-20(26)21(27)24-13-11-18-5-3-15-30-18/h3,5-9,15,17H,1-2,4,10-14H2,(H,23,26)(H,24,27)/t17-/m1/s1. The zero-order valence-corrected chi connectivity index (χ0v) is 18.6. The molecule has 2 heterocycles. The smallest absolute Gasteiger partial charge is 0.309 e. The van der Waals surface area contributed by atoms with Gasteiger partial charge in [0.1, 0.15) is 5.76 Å². The van der Waals surface area contributed by atoms with Crippen LogP contribution in [0.4, 0.5) is 0 Å². The molecule has 1 aromatic carbocycles. The van der Waals surface area contributed by atoms with Crippen LogP contribution >= 0.6 is 11.6 Å². The molecule has 168 valence electrons. The van der Waals surface area contributed by atoms with Gasteiger partial charge in [-0.1, -0.05) is 18.0 Å². The summed E-state index contributed by atoms with van der Waals surface area (Å²) in [5, 5.41) is 5.59. The summed E-state index contributed by atoms with van der Waals surface area (Å²) in [7, 11) is -3.65. The minimum absolute atomic E-state index is 0.198. The van der Waals surface area contributed by atoms with E-state index in [2.05, 4.69) is 10.6 Å². The first-order valence-corrected chi connectivity index (χ1v) is 12.1. The average molecular weight is 468 g/mol. The minimum Gasteiger partial charge on any atom is -0.469 e. The van der Waals surface area contributed by atoms with Gasteiger partial charge in [-0.05, 0) is 55.7 Å². The molecular weight excluding hydrogens is 442 g/mol. The lowest BCUT2D eigenvalue weighted by Gasteiger charge is -2.34. The molecule has 2 amide bonds. The highest BCUT2D eigenvalue weighted by Gasteiger charge is 2.33. The zero-order valence-electron chi connectivity index (χ0n) is 17.1. The predicted octanol–water partition coefficient (Wildman–Crippen LogP) is 2.34. The van der Waals surface area contributed by atoms with Gasteiger partial charge < -0.3 is 15.1 Å². The second kappa shape index (κ2) is 10.8. The van der Waals surface area contributed by atoms with Crippen LogP contribution in [0.3, 0.4) is 0 Å². The number of sulfonamides is 1. The molecule has 3 rings (SSSR count). The highest BCUT2D eigenvalue weighted by atomic mass is 35.5. The molecule has 8 nitrogen and oxygen atoms in total. The summed E-state index contributed by atoms with van der Waals surface area (Å²) in [4.78, 5) is 24.1. The fourth-order valence-corrected chi connectivity index (χ4v) is 5.44. The maximum Gasteiger partial charge on any atom is 0.309 e. The Kier molecular flexibility index (Phi) is 8.11. The van der Waals surface area contributed by atoms with Crippen molar-refractivity contribution in [3.05, 3.63) is 53.4 Å². The third-order valence-electron chi connectivity index (χ3n) is 5.20. The summed E-state index contributed by atoms with van der Waals surface area (Å²) < 4.78 is 32.8. The van der Waals surface area contributed by atoms with Gasteiger partial charge in [-0.3, -0.25) is 9.59 Å². The maximum absolute atomic E-state index is 13.1. The summed E-state index contributed by atoms with van der Waals surface area (Å²) >= 11 is 5.87. The van der Waals surface area contributed by atoms with Crippen molar-refractivity contribution in [2.75, 3.05) is 19.6 Å². The molecule has 0 unspecified atom stereocenters. The second-order valence-corrected chi connectivity index (χ2v) is 9.68. The van der Waals surface area contributed by atoms with Crippen LogP contribution in [0.1, 0.15) is 31.4 Å². The first-order valence-electron chi connectivity index (χ1n) is 10.2. The molecule has 1 saturated heterocycles. The zero-order chi connectivity index (χ0) is 22.3. The first kappa shape index (κ1) is 23.3. The van der Waals surface area contributed by atoms with Gasteiger partial charge in [-0.25, -0.2) is 8.42 Å². The quantitative estimate of drug-likeness (QED) is 0.579. The Morgan fingerprint density at radius 1 is 1.06 bits per heavy atom. The average Bonchev–Trinajstić information content (AvgIpc) is 3.27. The van der Waals surface area contributed by atoms with E-state index in [0.29, 0.717) is 30.8 Å². The summed E-state index contributed by atoms with van der Waals surface area (Å²) in [5.41, 5.74) is 0. The van der Waals surface area contributed by atoms with Gasteiger partial charge in [0, 0.05) is 37.1 Å². The van der Waals surface area contributed by atoms with Gasteiger partial charge in [-0.15, -0.1) is 0 Å². The number of benzene rings is 1. The second-order valence-electron chi connectivity index (χ2n) is 7.35. The number of hydrogen-bond acceptors (Lipinski definition) is 5. The van der Waals surface area contributed by atoms with Gasteiger partial charge >= 0.3 is 11.8 Å².